The standard InChI is InChI=1S/C16H19FN4O/c1-21(13-6-8-18-9-7-13)16(22)15-10-14(19-20-15)11-2-4-12(17)5-3-11/h2-5,10,13,18H,6-9H2,1H3,(H,19,20). The lowest BCUT2D eigenvalue weighted by Gasteiger charge is -2.31. The summed E-state index contributed by atoms with van der Waals surface area (Å²) in [7, 11) is 1.83. The first-order valence-corrected chi connectivity index (χ1v) is 7.44. The summed E-state index contributed by atoms with van der Waals surface area (Å²) in [6.45, 7) is 1.87. The average molecular weight is 302 g/mol. The number of aromatic nitrogens is 2. The van der Waals surface area contributed by atoms with Crippen molar-refractivity contribution in [2.75, 3.05) is 20.1 Å². The molecular formula is C16H19FN4O. The zero-order chi connectivity index (χ0) is 15.5. The van der Waals surface area contributed by atoms with E-state index in [1.165, 1.54) is 12.1 Å². The predicted molar refractivity (Wildman–Crippen MR) is 82.0 cm³/mol. The van der Waals surface area contributed by atoms with Gasteiger partial charge in [0.05, 0.1) is 5.69 Å². The van der Waals surface area contributed by atoms with E-state index >= 15 is 0 Å². The summed E-state index contributed by atoms with van der Waals surface area (Å²) in [5.41, 5.74) is 1.88. The number of aromatic amines is 1. The van der Waals surface area contributed by atoms with Crippen LogP contribution < -0.4 is 5.32 Å². The molecule has 1 aliphatic heterocycles. The van der Waals surface area contributed by atoms with Gasteiger partial charge in [-0.2, -0.15) is 5.10 Å². The van der Waals surface area contributed by atoms with Crippen LogP contribution in [0.15, 0.2) is 30.3 Å². The van der Waals surface area contributed by atoms with Crippen molar-refractivity contribution in [3.8, 4) is 11.3 Å². The Balaban J connectivity index is 1.75. The molecule has 1 aliphatic rings. The summed E-state index contributed by atoms with van der Waals surface area (Å²) in [5.74, 6) is -0.353. The van der Waals surface area contributed by atoms with Gasteiger partial charge in [-0.25, -0.2) is 4.39 Å². The zero-order valence-electron chi connectivity index (χ0n) is 12.5. The van der Waals surface area contributed by atoms with Crippen LogP contribution in [0.4, 0.5) is 4.39 Å². The van der Waals surface area contributed by atoms with Gasteiger partial charge in [-0.1, -0.05) is 0 Å². The number of benzene rings is 1. The lowest BCUT2D eigenvalue weighted by Crippen LogP contribution is -2.44. The molecule has 1 aromatic carbocycles. The second-order valence-electron chi connectivity index (χ2n) is 5.57. The molecule has 1 saturated heterocycles. The average Bonchev–Trinajstić information content (AvgIpc) is 3.05. The Morgan fingerprint density at radius 1 is 1.27 bits per heavy atom. The minimum atomic E-state index is -0.291. The molecule has 1 fully saturated rings. The number of nitrogens with one attached hydrogen (secondary N) is 2. The maximum absolute atomic E-state index is 13.0. The van der Waals surface area contributed by atoms with Crippen molar-refractivity contribution < 1.29 is 9.18 Å². The number of H-pyrrole nitrogens is 1. The first-order valence-electron chi connectivity index (χ1n) is 7.44. The Morgan fingerprint density at radius 3 is 2.64 bits per heavy atom. The highest BCUT2D eigenvalue weighted by molar-refractivity contribution is 5.93. The van der Waals surface area contributed by atoms with Crippen LogP contribution in [-0.4, -0.2) is 47.2 Å². The van der Waals surface area contributed by atoms with E-state index in [1.807, 2.05) is 7.05 Å². The summed E-state index contributed by atoms with van der Waals surface area (Å²) in [5, 5.41) is 10.2. The number of piperidine rings is 1. The monoisotopic (exact) mass is 302 g/mol. The van der Waals surface area contributed by atoms with E-state index in [1.54, 1.807) is 23.1 Å². The van der Waals surface area contributed by atoms with Gasteiger partial charge in [0.2, 0.25) is 0 Å². The van der Waals surface area contributed by atoms with Gasteiger partial charge >= 0.3 is 0 Å². The summed E-state index contributed by atoms with van der Waals surface area (Å²) in [6, 6.07) is 8.03. The molecular weight excluding hydrogens is 283 g/mol. The summed E-state index contributed by atoms with van der Waals surface area (Å²) >= 11 is 0. The van der Waals surface area contributed by atoms with Crippen LogP contribution in [-0.2, 0) is 0 Å². The van der Waals surface area contributed by atoms with E-state index in [9.17, 15) is 9.18 Å². The van der Waals surface area contributed by atoms with Crippen molar-refractivity contribution in [2.45, 2.75) is 18.9 Å². The Bertz CT molecular complexity index is 646. The van der Waals surface area contributed by atoms with Crippen molar-refractivity contribution in [1.82, 2.24) is 20.4 Å². The Labute approximate surface area is 128 Å². The number of carbonyl (C=O) groups excluding carboxylic acids is 1. The molecule has 0 radical (unpaired) electrons. The van der Waals surface area contributed by atoms with Crippen LogP contribution >= 0.6 is 0 Å². The second-order valence-corrected chi connectivity index (χ2v) is 5.57. The van der Waals surface area contributed by atoms with E-state index in [0.29, 0.717) is 11.4 Å². The van der Waals surface area contributed by atoms with Gasteiger partial charge in [-0.3, -0.25) is 9.89 Å². The highest BCUT2D eigenvalue weighted by Gasteiger charge is 2.24. The molecule has 2 heterocycles. The fourth-order valence-electron chi connectivity index (χ4n) is 2.75. The molecule has 2 aromatic rings. The fraction of sp³-hybridized carbons (Fsp3) is 0.375. The molecule has 22 heavy (non-hydrogen) atoms. The first kappa shape index (κ1) is 14.7. The number of nitrogens with zero attached hydrogens (tertiary/aromatic N) is 2. The van der Waals surface area contributed by atoms with Crippen LogP contribution in [0.1, 0.15) is 23.3 Å². The lowest BCUT2D eigenvalue weighted by atomic mass is 10.0. The van der Waals surface area contributed by atoms with Crippen LogP contribution in [0, 0.1) is 5.82 Å². The van der Waals surface area contributed by atoms with Gasteiger partial charge in [-0.05, 0) is 56.3 Å². The van der Waals surface area contributed by atoms with E-state index in [2.05, 4.69) is 15.5 Å². The molecule has 0 atom stereocenters. The molecule has 5 nitrogen and oxygen atoms in total. The van der Waals surface area contributed by atoms with Gasteiger partial charge in [0.1, 0.15) is 11.5 Å². The van der Waals surface area contributed by atoms with Gasteiger partial charge in [0.15, 0.2) is 0 Å². The Kier molecular flexibility index (Phi) is 4.20. The maximum atomic E-state index is 13.0. The van der Waals surface area contributed by atoms with Gasteiger partial charge in [0.25, 0.3) is 5.91 Å². The molecule has 0 aliphatic carbocycles. The topological polar surface area (TPSA) is 61.0 Å². The third-order valence-electron chi connectivity index (χ3n) is 4.12. The highest BCUT2D eigenvalue weighted by atomic mass is 19.1. The summed E-state index contributed by atoms with van der Waals surface area (Å²) < 4.78 is 13.0. The number of amides is 1. The summed E-state index contributed by atoms with van der Waals surface area (Å²) in [4.78, 5) is 14.3. The Morgan fingerprint density at radius 2 is 1.95 bits per heavy atom. The zero-order valence-corrected chi connectivity index (χ0v) is 12.5. The van der Waals surface area contributed by atoms with Gasteiger partial charge in [-0.15, -0.1) is 0 Å². The van der Waals surface area contributed by atoms with Crippen molar-refractivity contribution in [1.29, 1.82) is 0 Å². The van der Waals surface area contributed by atoms with Crippen LogP contribution in [0.5, 0.6) is 0 Å². The van der Waals surface area contributed by atoms with E-state index in [-0.39, 0.29) is 17.8 Å². The first-order chi connectivity index (χ1) is 10.6. The quantitative estimate of drug-likeness (QED) is 0.912. The fourth-order valence-corrected chi connectivity index (χ4v) is 2.75. The lowest BCUT2D eigenvalue weighted by molar-refractivity contribution is 0.0697. The molecule has 6 heteroatoms. The molecule has 1 aromatic heterocycles. The SMILES string of the molecule is CN(C(=O)c1cc(-c2ccc(F)cc2)n[nH]1)C1CCNCC1. The van der Waals surface area contributed by atoms with E-state index in [4.69, 9.17) is 0 Å². The molecule has 2 N–H and O–H groups in total. The van der Waals surface area contributed by atoms with Gasteiger partial charge < -0.3 is 10.2 Å². The largest absolute Gasteiger partial charge is 0.337 e. The van der Waals surface area contributed by atoms with E-state index < -0.39 is 0 Å². The number of hydrogen-bond donors (Lipinski definition) is 2. The van der Waals surface area contributed by atoms with E-state index in [0.717, 1.165) is 31.5 Å². The normalized spacial score (nSPS) is 15.7. The smallest absolute Gasteiger partial charge is 0.271 e. The van der Waals surface area contributed by atoms with Crippen LogP contribution in [0.25, 0.3) is 11.3 Å². The number of rotatable bonds is 3. The highest BCUT2D eigenvalue weighted by Crippen LogP contribution is 2.19. The molecule has 116 valence electrons. The van der Waals surface area contributed by atoms with Crippen molar-refractivity contribution in [3.63, 3.8) is 0 Å². The predicted octanol–water partition coefficient (Wildman–Crippen LogP) is 2.04. The summed E-state index contributed by atoms with van der Waals surface area (Å²) in [6.07, 6.45) is 1.92. The third-order valence-corrected chi connectivity index (χ3v) is 4.12. The Hall–Kier alpha value is -2.21. The second kappa shape index (κ2) is 6.27. The minimum Gasteiger partial charge on any atom is -0.337 e. The molecule has 0 spiro atoms. The van der Waals surface area contributed by atoms with Crippen LogP contribution in [0.2, 0.25) is 0 Å². The maximum Gasteiger partial charge on any atom is 0.271 e. The number of halogens is 1. The van der Waals surface area contributed by atoms with Crippen molar-refractivity contribution in [2.24, 2.45) is 0 Å². The van der Waals surface area contributed by atoms with Crippen LogP contribution in [0.3, 0.4) is 0 Å². The molecule has 3 rings (SSSR count). The number of hydrogen-bond acceptors (Lipinski definition) is 3. The molecule has 0 bridgehead atoms. The molecule has 1 amide bonds. The van der Waals surface area contributed by atoms with Crippen molar-refractivity contribution in [3.05, 3.63) is 41.8 Å². The third kappa shape index (κ3) is 3.01. The molecule has 0 saturated carbocycles. The van der Waals surface area contributed by atoms with Gasteiger partial charge in [0, 0.05) is 18.7 Å². The number of carbonyl (C=O) groups is 1. The minimum absolute atomic E-state index is 0.0623. The van der Waals surface area contributed by atoms with Crippen molar-refractivity contribution >= 4 is 5.91 Å². The molecule has 0 unspecified atom stereocenters.